The number of rotatable bonds is 10. The molecule has 0 bridgehead atoms. The summed E-state index contributed by atoms with van der Waals surface area (Å²) >= 11 is 3.42. The molecular formula is C25H25BrN2O4. The molecule has 1 amide bonds. The van der Waals surface area contributed by atoms with Gasteiger partial charge < -0.3 is 14.2 Å². The summed E-state index contributed by atoms with van der Waals surface area (Å²) in [6.45, 7) is 3.11. The Bertz CT molecular complexity index is 1050. The number of nitrogens with one attached hydrogen (secondary N) is 1. The van der Waals surface area contributed by atoms with E-state index in [0.29, 0.717) is 30.3 Å². The predicted octanol–water partition coefficient (Wildman–Crippen LogP) is 5.59. The van der Waals surface area contributed by atoms with Gasteiger partial charge in [0.25, 0.3) is 5.91 Å². The molecule has 0 saturated heterocycles. The first-order chi connectivity index (χ1) is 15.6. The van der Waals surface area contributed by atoms with Crippen LogP contribution in [-0.4, -0.2) is 25.8 Å². The van der Waals surface area contributed by atoms with Gasteiger partial charge in [0, 0.05) is 10.0 Å². The molecule has 0 unspecified atom stereocenters. The fourth-order valence-electron chi connectivity index (χ4n) is 2.78. The van der Waals surface area contributed by atoms with Crippen molar-refractivity contribution < 1.29 is 19.0 Å². The summed E-state index contributed by atoms with van der Waals surface area (Å²) in [5.41, 5.74) is 4.84. The first-order valence-corrected chi connectivity index (χ1v) is 11.0. The average Bonchev–Trinajstić information content (AvgIpc) is 2.83. The third-order valence-corrected chi connectivity index (χ3v) is 4.99. The molecule has 0 spiro atoms. The average molecular weight is 497 g/mol. The van der Waals surface area contributed by atoms with Gasteiger partial charge in [-0.05, 0) is 72.1 Å². The minimum absolute atomic E-state index is 0.301. The molecule has 166 valence electrons. The van der Waals surface area contributed by atoms with Crippen LogP contribution >= 0.6 is 15.9 Å². The lowest BCUT2D eigenvalue weighted by atomic mass is 10.2. The number of hydrazone groups is 1. The van der Waals surface area contributed by atoms with Crippen LogP contribution in [0.2, 0.25) is 0 Å². The monoisotopic (exact) mass is 496 g/mol. The van der Waals surface area contributed by atoms with E-state index in [9.17, 15) is 4.79 Å². The standard InChI is InChI=1S/C25H25BrN2O4/c1-3-14-31-22-11-7-20(8-12-22)25(29)28-27-16-19-6-13-23(24(15-19)30-2)32-17-18-4-9-21(26)10-5-18/h4-13,15-16H,3,14,17H2,1-2H3,(H,28,29)/b27-16-. The summed E-state index contributed by atoms with van der Waals surface area (Å²) in [5.74, 6) is 1.65. The molecule has 6 nitrogen and oxygen atoms in total. The van der Waals surface area contributed by atoms with Gasteiger partial charge in [0.15, 0.2) is 11.5 Å². The molecule has 3 aromatic rings. The zero-order chi connectivity index (χ0) is 22.8. The lowest BCUT2D eigenvalue weighted by molar-refractivity contribution is 0.0955. The van der Waals surface area contributed by atoms with Crippen LogP contribution in [0.1, 0.15) is 34.8 Å². The van der Waals surface area contributed by atoms with E-state index in [1.807, 2.05) is 43.3 Å². The maximum Gasteiger partial charge on any atom is 0.271 e. The van der Waals surface area contributed by atoms with Crippen molar-refractivity contribution in [2.24, 2.45) is 5.10 Å². The van der Waals surface area contributed by atoms with Crippen molar-refractivity contribution in [3.05, 3.63) is 87.9 Å². The summed E-state index contributed by atoms with van der Waals surface area (Å²) < 4.78 is 17.9. The predicted molar refractivity (Wildman–Crippen MR) is 129 cm³/mol. The molecule has 0 aromatic heterocycles. The maximum absolute atomic E-state index is 12.3. The lowest BCUT2D eigenvalue weighted by Crippen LogP contribution is -2.17. The minimum Gasteiger partial charge on any atom is -0.494 e. The molecule has 0 aliphatic heterocycles. The Kier molecular flexibility index (Phi) is 8.69. The van der Waals surface area contributed by atoms with E-state index in [0.717, 1.165) is 27.8 Å². The van der Waals surface area contributed by atoms with Crippen LogP contribution in [0.3, 0.4) is 0 Å². The molecule has 3 aromatic carbocycles. The van der Waals surface area contributed by atoms with Gasteiger partial charge in [-0.2, -0.15) is 5.10 Å². The van der Waals surface area contributed by atoms with E-state index in [1.165, 1.54) is 0 Å². The Hall–Kier alpha value is -3.32. The Morgan fingerprint density at radius 2 is 1.75 bits per heavy atom. The Labute approximate surface area is 196 Å². The quantitative estimate of drug-likeness (QED) is 0.293. The third-order valence-electron chi connectivity index (χ3n) is 4.46. The highest BCUT2D eigenvalue weighted by Crippen LogP contribution is 2.28. The van der Waals surface area contributed by atoms with Crippen LogP contribution in [0.4, 0.5) is 0 Å². The minimum atomic E-state index is -0.301. The van der Waals surface area contributed by atoms with Crippen molar-refractivity contribution in [2.45, 2.75) is 20.0 Å². The van der Waals surface area contributed by atoms with E-state index in [2.05, 4.69) is 26.5 Å². The summed E-state index contributed by atoms with van der Waals surface area (Å²) in [4.78, 5) is 12.3. The molecule has 3 rings (SSSR count). The van der Waals surface area contributed by atoms with Crippen molar-refractivity contribution in [1.82, 2.24) is 5.43 Å². The Balaban J connectivity index is 1.57. The van der Waals surface area contributed by atoms with Gasteiger partial charge >= 0.3 is 0 Å². The van der Waals surface area contributed by atoms with Crippen LogP contribution in [-0.2, 0) is 6.61 Å². The van der Waals surface area contributed by atoms with E-state index in [-0.39, 0.29) is 5.91 Å². The molecule has 0 aliphatic carbocycles. The van der Waals surface area contributed by atoms with E-state index < -0.39 is 0 Å². The zero-order valence-corrected chi connectivity index (χ0v) is 19.6. The number of carbonyl (C=O) groups excluding carboxylic acids is 1. The second kappa shape index (κ2) is 11.9. The first-order valence-electron chi connectivity index (χ1n) is 10.2. The van der Waals surface area contributed by atoms with Crippen LogP contribution in [0, 0.1) is 0 Å². The van der Waals surface area contributed by atoms with Crippen molar-refractivity contribution in [3.63, 3.8) is 0 Å². The van der Waals surface area contributed by atoms with Crippen molar-refractivity contribution >= 4 is 28.1 Å². The normalized spacial score (nSPS) is 10.7. The van der Waals surface area contributed by atoms with Gasteiger partial charge in [-0.25, -0.2) is 5.43 Å². The molecular weight excluding hydrogens is 472 g/mol. The number of methoxy groups -OCH3 is 1. The molecule has 32 heavy (non-hydrogen) atoms. The fourth-order valence-corrected chi connectivity index (χ4v) is 3.04. The zero-order valence-electron chi connectivity index (χ0n) is 18.0. The highest BCUT2D eigenvalue weighted by atomic mass is 79.9. The van der Waals surface area contributed by atoms with Gasteiger partial charge in [0.2, 0.25) is 0 Å². The van der Waals surface area contributed by atoms with Crippen molar-refractivity contribution in [2.75, 3.05) is 13.7 Å². The smallest absolute Gasteiger partial charge is 0.271 e. The van der Waals surface area contributed by atoms with Gasteiger partial charge in [0.1, 0.15) is 12.4 Å². The second-order valence-electron chi connectivity index (χ2n) is 6.90. The van der Waals surface area contributed by atoms with E-state index >= 15 is 0 Å². The molecule has 0 fully saturated rings. The number of halogens is 1. The van der Waals surface area contributed by atoms with Gasteiger partial charge in [-0.3, -0.25) is 4.79 Å². The molecule has 0 aliphatic rings. The largest absolute Gasteiger partial charge is 0.494 e. The number of hydrogen-bond acceptors (Lipinski definition) is 5. The number of carbonyl (C=O) groups is 1. The highest BCUT2D eigenvalue weighted by Gasteiger charge is 2.07. The van der Waals surface area contributed by atoms with Crippen LogP contribution in [0.25, 0.3) is 0 Å². The fraction of sp³-hybridized carbons (Fsp3) is 0.200. The first kappa shape index (κ1) is 23.3. The summed E-state index contributed by atoms with van der Waals surface area (Å²) in [7, 11) is 1.58. The second-order valence-corrected chi connectivity index (χ2v) is 7.81. The van der Waals surface area contributed by atoms with Crippen molar-refractivity contribution in [1.29, 1.82) is 0 Å². The molecule has 0 heterocycles. The van der Waals surface area contributed by atoms with Crippen molar-refractivity contribution in [3.8, 4) is 17.2 Å². The SMILES string of the molecule is CCCOc1ccc(C(=O)N/N=C\c2ccc(OCc3ccc(Br)cc3)c(OC)c2)cc1. The molecule has 7 heteroatoms. The van der Waals surface area contributed by atoms with Gasteiger partial charge in [-0.15, -0.1) is 0 Å². The lowest BCUT2D eigenvalue weighted by Gasteiger charge is -2.11. The number of benzene rings is 3. The van der Waals surface area contributed by atoms with Gasteiger partial charge in [0.05, 0.1) is 19.9 Å². The van der Waals surface area contributed by atoms with Crippen LogP contribution < -0.4 is 19.6 Å². The molecule has 1 N–H and O–H groups in total. The van der Waals surface area contributed by atoms with E-state index in [4.69, 9.17) is 14.2 Å². The number of nitrogens with zero attached hydrogens (tertiary/aromatic N) is 1. The Morgan fingerprint density at radius 1 is 1.00 bits per heavy atom. The van der Waals surface area contributed by atoms with E-state index in [1.54, 1.807) is 43.7 Å². The molecule has 0 saturated carbocycles. The van der Waals surface area contributed by atoms with Crippen LogP contribution in [0.15, 0.2) is 76.3 Å². The number of hydrogen-bond donors (Lipinski definition) is 1. The third kappa shape index (κ3) is 6.85. The van der Waals surface area contributed by atoms with Crippen LogP contribution in [0.5, 0.6) is 17.2 Å². The van der Waals surface area contributed by atoms with Gasteiger partial charge in [-0.1, -0.05) is 35.0 Å². The molecule has 0 radical (unpaired) electrons. The number of ether oxygens (including phenoxy) is 3. The Morgan fingerprint density at radius 3 is 2.44 bits per heavy atom. The molecule has 0 atom stereocenters. The maximum atomic E-state index is 12.3. The summed E-state index contributed by atoms with van der Waals surface area (Å²) in [5, 5.41) is 4.04. The summed E-state index contributed by atoms with van der Waals surface area (Å²) in [6, 6.07) is 20.3. The summed E-state index contributed by atoms with van der Waals surface area (Å²) in [6.07, 6.45) is 2.48. The highest BCUT2D eigenvalue weighted by molar-refractivity contribution is 9.10. The topological polar surface area (TPSA) is 69.2 Å². The number of amides is 1.